The minimum Gasteiger partial charge on any atom is -0.0837 e. The molecule has 15 heavy (non-hydrogen) atoms. The molecule has 2 heteroatoms. The Kier molecular flexibility index (Phi) is 3.87. The van der Waals surface area contributed by atoms with Gasteiger partial charge in [0.2, 0.25) is 0 Å². The van der Waals surface area contributed by atoms with Crippen LogP contribution in [0.2, 0.25) is 5.02 Å². The second-order valence-electron chi connectivity index (χ2n) is 4.03. The van der Waals surface area contributed by atoms with E-state index in [1.54, 1.807) is 5.57 Å². The highest BCUT2D eigenvalue weighted by Crippen LogP contribution is 2.28. The van der Waals surface area contributed by atoms with Crippen molar-refractivity contribution in [3.8, 4) is 0 Å². The predicted octanol–water partition coefficient (Wildman–Crippen LogP) is 5.45. The lowest BCUT2D eigenvalue weighted by Gasteiger charge is -2.13. The molecule has 0 heterocycles. The topological polar surface area (TPSA) is 0 Å². The minimum atomic E-state index is 0.844. The molecule has 1 aliphatic carbocycles. The number of hydrogen-bond acceptors (Lipinski definition) is 0. The van der Waals surface area contributed by atoms with Crippen molar-refractivity contribution < 1.29 is 0 Å². The third-order valence-corrected chi connectivity index (χ3v) is 3.65. The molecule has 0 atom stereocenters. The number of allylic oxidation sites excluding steroid dienone is 1. The first-order valence-corrected chi connectivity index (χ1v) is 6.57. The highest BCUT2D eigenvalue weighted by molar-refractivity contribution is 9.10. The Morgan fingerprint density at radius 2 is 1.87 bits per heavy atom. The average molecular weight is 286 g/mol. The molecule has 0 spiro atoms. The summed E-state index contributed by atoms with van der Waals surface area (Å²) in [7, 11) is 0. The molecule has 0 amide bonds. The molecule has 1 aromatic carbocycles. The average Bonchev–Trinajstić information content (AvgIpc) is 2.25. The van der Waals surface area contributed by atoms with Gasteiger partial charge in [0.05, 0.1) is 0 Å². The smallest absolute Gasteiger partial charge is 0.0479 e. The van der Waals surface area contributed by atoms with Crippen molar-refractivity contribution >= 4 is 33.6 Å². The molecule has 0 aromatic heterocycles. The van der Waals surface area contributed by atoms with Gasteiger partial charge in [-0.25, -0.2) is 0 Å². The molecule has 0 unspecified atom stereocenters. The Hall–Kier alpha value is -0.270. The summed E-state index contributed by atoms with van der Waals surface area (Å²) >= 11 is 9.62. The van der Waals surface area contributed by atoms with Gasteiger partial charge >= 0.3 is 0 Å². The second kappa shape index (κ2) is 5.18. The van der Waals surface area contributed by atoms with Crippen molar-refractivity contribution in [3.05, 3.63) is 38.8 Å². The standard InChI is InChI=1S/C13H14BrCl/c14-12-6-7-13(15)11(9-12)8-10-4-2-1-3-5-10/h6-9H,1-5H2. The van der Waals surface area contributed by atoms with Crippen molar-refractivity contribution in [3.63, 3.8) is 0 Å². The van der Waals surface area contributed by atoms with Crippen molar-refractivity contribution in [1.82, 2.24) is 0 Å². The molecule has 80 valence electrons. The molecule has 0 nitrogen and oxygen atoms in total. The van der Waals surface area contributed by atoms with Crippen molar-refractivity contribution in [2.45, 2.75) is 32.1 Å². The van der Waals surface area contributed by atoms with Crippen LogP contribution < -0.4 is 0 Å². The highest BCUT2D eigenvalue weighted by atomic mass is 79.9. The van der Waals surface area contributed by atoms with E-state index in [-0.39, 0.29) is 0 Å². The van der Waals surface area contributed by atoms with Gasteiger partial charge in [0, 0.05) is 9.50 Å². The van der Waals surface area contributed by atoms with E-state index in [0.29, 0.717) is 0 Å². The van der Waals surface area contributed by atoms with E-state index in [1.807, 2.05) is 12.1 Å². The Bertz CT molecular complexity index is 374. The maximum absolute atomic E-state index is 6.15. The van der Waals surface area contributed by atoms with Crippen LogP contribution in [-0.4, -0.2) is 0 Å². The summed E-state index contributed by atoms with van der Waals surface area (Å²) in [6.07, 6.45) is 8.77. The molecule has 0 aliphatic heterocycles. The first-order valence-electron chi connectivity index (χ1n) is 5.40. The zero-order valence-electron chi connectivity index (χ0n) is 8.60. The van der Waals surface area contributed by atoms with E-state index in [4.69, 9.17) is 11.6 Å². The molecule has 0 N–H and O–H groups in total. The number of hydrogen-bond donors (Lipinski definition) is 0. The first kappa shape index (κ1) is 11.2. The Morgan fingerprint density at radius 1 is 1.13 bits per heavy atom. The molecule has 0 bridgehead atoms. The molecule has 2 rings (SSSR count). The second-order valence-corrected chi connectivity index (χ2v) is 5.35. The highest BCUT2D eigenvalue weighted by Gasteiger charge is 2.06. The monoisotopic (exact) mass is 284 g/mol. The number of halogens is 2. The number of rotatable bonds is 1. The summed E-state index contributed by atoms with van der Waals surface area (Å²) in [5.74, 6) is 0. The van der Waals surface area contributed by atoms with Crippen LogP contribution in [0.4, 0.5) is 0 Å². The summed E-state index contributed by atoms with van der Waals surface area (Å²) < 4.78 is 1.09. The quantitative estimate of drug-likeness (QED) is 0.643. The van der Waals surface area contributed by atoms with Gasteiger partial charge < -0.3 is 0 Å². The lowest BCUT2D eigenvalue weighted by molar-refractivity contribution is 0.602. The van der Waals surface area contributed by atoms with Gasteiger partial charge in [-0.15, -0.1) is 0 Å². The summed E-state index contributed by atoms with van der Waals surface area (Å²) in [5, 5.41) is 0.844. The van der Waals surface area contributed by atoms with Crippen LogP contribution >= 0.6 is 27.5 Å². The third-order valence-electron chi connectivity index (χ3n) is 2.81. The van der Waals surface area contributed by atoms with Gasteiger partial charge in [0.1, 0.15) is 0 Å². The molecular formula is C13H14BrCl. The van der Waals surface area contributed by atoms with E-state index in [9.17, 15) is 0 Å². The molecule has 1 fully saturated rings. The van der Waals surface area contributed by atoms with Crippen LogP contribution in [0, 0.1) is 0 Å². The van der Waals surface area contributed by atoms with Crippen LogP contribution in [0.3, 0.4) is 0 Å². The van der Waals surface area contributed by atoms with Crippen LogP contribution in [-0.2, 0) is 0 Å². The fourth-order valence-corrected chi connectivity index (χ4v) is 2.55. The summed E-state index contributed by atoms with van der Waals surface area (Å²) in [6.45, 7) is 0. The van der Waals surface area contributed by atoms with Crippen molar-refractivity contribution in [1.29, 1.82) is 0 Å². The molecule has 0 radical (unpaired) electrons. The van der Waals surface area contributed by atoms with E-state index in [0.717, 1.165) is 15.1 Å². The number of benzene rings is 1. The Labute approximate surface area is 104 Å². The van der Waals surface area contributed by atoms with Crippen LogP contribution in [0.5, 0.6) is 0 Å². The first-order chi connectivity index (χ1) is 7.25. The normalized spacial score (nSPS) is 16.5. The molecule has 1 aromatic rings. The Balaban J connectivity index is 2.25. The lowest BCUT2D eigenvalue weighted by Crippen LogP contribution is -1.93. The maximum atomic E-state index is 6.15. The van der Waals surface area contributed by atoms with Crippen LogP contribution in [0.1, 0.15) is 37.7 Å². The summed E-state index contributed by atoms with van der Waals surface area (Å²) in [5.41, 5.74) is 2.68. The largest absolute Gasteiger partial charge is 0.0837 e. The molecule has 1 saturated carbocycles. The predicted molar refractivity (Wildman–Crippen MR) is 70.2 cm³/mol. The van der Waals surface area contributed by atoms with Crippen LogP contribution in [0.25, 0.3) is 6.08 Å². The summed E-state index contributed by atoms with van der Waals surface area (Å²) in [6, 6.07) is 6.01. The van der Waals surface area contributed by atoms with E-state index in [2.05, 4.69) is 28.1 Å². The summed E-state index contributed by atoms with van der Waals surface area (Å²) in [4.78, 5) is 0. The van der Waals surface area contributed by atoms with Gasteiger partial charge in [-0.3, -0.25) is 0 Å². The maximum Gasteiger partial charge on any atom is 0.0479 e. The Morgan fingerprint density at radius 3 is 2.60 bits per heavy atom. The van der Waals surface area contributed by atoms with Gasteiger partial charge in [-0.1, -0.05) is 45.6 Å². The van der Waals surface area contributed by atoms with Gasteiger partial charge in [0.15, 0.2) is 0 Å². The van der Waals surface area contributed by atoms with Gasteiger partial charge in [-0.2, -0.15) is 0 Å². The third kappa shape index (κ3) is 3.09. The fourth-order valence-electron chi connectivity index (χ4n) is 2.00. The van der Waals surface area contributed by atoms with Crippen molar-refractivity contribution in [2.75, 3.05) is 0 Å². The van der Waals surface area contributed by atoms with E-state index in [1.165, 1.54) is 32.1 Å². The zero-order chi connectivity index (χ0) is 10.7. The lowest BCUT2D eigenvalue weighted by atomic mass is 9.93. The van der Waals surface area contributed by atoms with Gasteiger partial charge in [-0.05, 0) is 49.4 Å². The van der Waals surface area contributed by atoms with E-state index < -0.39 is 0 Å². The van der Waals surface area contributed by atoms with Gasteiger partial charge in [0.25, 0.3) is 0 Å². The zero-order valence-corrected chi connectivity index (χ0v) is 10.9. The molecular weight excluding hydrogens is 272 g/mol. The van der Waals surface area contributed by atoms with Crippen molar-refractivity contribution in [2.24, 2.45) is 0 Å². The van der Waals surface area contributed by atoms with E-state index >= 15 is 0 Å². The fraction of sp³-hybridized carbons (Fsp3) is 0.385. The minimum absolute atomic E-state index is 0.844. The molecule has 0 saturated heterocycles. The van der Waals surface area contributed by atoms with Crippen LogP contribution in [0.15, 0.2) is 28.2 Å². The molecule has 1 aliphatic rings. The SMILES string of the molecule is Clc1ccc(Br)cc1C=C1CCCCC1.